The van der Waals surface area contributed by atoms with E-state index in [0.717, 1.165) is 44.7 Å². The fraction of sp³-hybridized carbons (Fsp3) is 0.833. The molecular formula is C18H31N5O2. The van der Waals surface area contributed by atoms with E-state index in [0.29, 0.717) is 30.8 Å². The van der Waals surface area contributed by atoms with Gasteiger partial charge in [0.2, 0.25) is 5.89 Å². The first-order valence-electron chi connectivity index (χ1n) is 9.60. The minimum atomic E-state index is 0.0904. The molecular weight excluding hydrogens is 318 g/mol. The molecule has 140 valence electrons. The summed E-state index contributed by atoms with van der Waals surface area (Å²) in [4.78, 5) is 21.4. The lowest BCUT2D eigenvalue weighted by Gasteiger charge is -2.46. The van der Waals surface area contributed by atoms with Gasteiger partial charge in [0.25, 0.3) is 0 Å². The number of carbonyl (C=O) groups excluding carboxylic acids is 1. The third kappa shape index (κ3) is 4.51. The van der Waals surface area contributed by atoms with Crippen molar-refractivity contribution in [3.05, 3.63) is 11.7 Å². The fourth-order valence-corrected chi connectivity index (χ4v) is 3.98. The van der Waals surface area contributed by atoms with E-state index in [9.17, 15) is 4.79 Å². The summed E-state index contributed by atoms with van der Waals surface area (Å²) in [7, 11) is 2.18. The van der Waals surface area contributed by atoms with E-state index in [2.05, 4.69) is 32.3 Å². The normalized spacial score (nSPS) is 24.4. The molecule has 0 spiro atoms. The van der Waals surface area contributed by atoms with Crippen molar-refractivity contribution in [1.29, 1.82) is 0 Å². The van der Waals surface area contributed by atoms with Gasteiger partial charge in [-0.1, -0.05) is 19.0 Å². The molecule has 7 heteroatoms. The Morgan fingerprint density at radius 2 is 2.20 bits per heavy atom. The number of nitrogens with zero attached hydrogens (tertiary/aromatic N) is 4. The molecule has 2 amide bonds. The van der Waals surface area contributed by atoms with Crippen LogP contribution in [0.25, 0.3) is 0 Å². The number of aryl methyl sites for hydroxylation is 1. The molecule has 2 aliphatic rings. The summed E-state index contributed by atoms with van der Waals surface area (Å²) in [6.45, 7) is 7.82. The van der Waals surface area contributed by atoms with Crippen LogP contribution < -0.4 is 5.32 Å². The van der Waals surface area contributed by atoms with Crippen molar-refractivity contribution in [2.75, 3.05) is 33.2 Å². The molecule has 0 bridgehead atoms. The minimum absolute atomic E-state index is 0.0904. The van der Waals surface area contributed by atoms with Gasteiger partial charge in [-0.25, -0.2) is 4.79 Å². The summed E-state index contributed by atoms with van der Waals surface area (Å²) in [6.07, 6.45) is 4.97. The molecule has 0 aliphatic carbocycles. The number of hydrogen-bond donors (Lipinski definition) is 1. The van der Waals surface area contributed by atoms with Gasteiger partial charge in [0, 0.05) is 38.0 Å². The summed E-state index contributed by atoms with van der Waals surface area (Å²) in [5.41, 5.74) is 0. The Morgan fingerprint density at radius 1 is 1.36 bits per heavy atom. The van der Waals surface area contributed by atoms with Crippen LogP contribution in [0.15, 0.2) is 4.52 Å². The van der Waals surface area contributed by atoms with Crippen LogP contribution in [0.4, 0.5) is 4.79 Å². The molecule has 2 atom stereocenters. The Balaban J connectivity index is 1.42. The zero-order chi connectivity index (χ0) is 17.8. The van der Waals surface area contributed by atoms with Gasteiger partial charge in [-0.3, -0.25) is 0 Å². The van der Waals surface area contributed by atoms with Crippen LogP contribution >= 0.6 is 0 Å². The second kappa shape index (κ2) is 8.17. The number of amides is 2. The lowest BCUT2D eigenvalue weighted by atomic mass is 9.84. The van der Waals surface area contributed by atoms with Gasteiger partial charge in [-0.2, -0.15) is 4.98 Å². The fourth-order valence-electron chi connectivity index (χ4n) is 3.98. The molecule has 2 saturated heterocycles. The summed E-state index contributed by atoms with van der Waals surface area (Å²) < 4.78 is 5.24. The molecule has 2 aliphatic heterocycles. The van der Waals surface area contributed by atoms with Crippen molar-refractivity contribution in [3.8, 4) is 0 Å². The predicted octanol–water partition coefficient (Wildman–Crippen LogP) is 2.25. The number of hydrogen-bond acceptors (Lipinski definition) is 5. The molecule has 0 radical (unpaired) electrons. The van der Waals surface area contributed by atoms with E-state index in [1.54, 1.807) is 0 Å². The first-order valence-corrected chi connectivity index (χ1v) is 9.60. The van der Waals surface area contributed by atoms with Crippen LogP contribution in [-0.4, -0.2) is 65.2 Å². The average molecular weight is 349 g/mol. The maximum absolute atomic E-state index is 12.6. The monoisotopic (exact) mass is 349 g/mol. The Hall–Kier alpha value is -1.63. The first-order chi connectivity index (χ1) is 12.0. The Labute approximate surface area is 150 Å². The second-order valence-corrected chi connectivity index (χ2v) is 7.75. The van der Waals surface area contributed by atoms with E-state index >= 15 is 0 Å². The van der Waals surface area contributed by atoms with Crippen LogP contribution in [0.5, 0.6) is 0 Å². The van der Waals surface area contributed by atoms with E-state index in [1.165, 1.54) is 6.42 Å². The number of likely N-dealkylation sites (tertiary alicyclic amines) is 2. The SMILES string of the molecule is CC(C)c1noc(CCCNC(=O)N2CCC[C@@H]3CN(C)CC[C@@H]32)n1. The second-order valence-electron chi connectivity index (χ2n) is 7.75. The Kier molecular flexibility index (Phi) is 5.93. The van der Waals surface area contributed by atoms with E-state index in [1.807, 2.05) is 13.8 Å². The Bertz CT molecular complexity index is 574. The van der Waals surface area contributed by atoms with Gasteiger partial charge in [0.05, 0.1) is 0 Å². The van der Waals surface area contributed by atoms with E-state index < -0.39 is 0 Å². The van der Waals surface area contributed by atoms with Crippen molar-refractivity contribution in [3.63, 3.8) is 0 Å². The van der Waals surface area contributed by atoms with Crippen molar-refractivity contribution in [2.45, 2.75) is 57.9 Å². The lowest BCUT2D eigenvalue weighted by molar-refractivity contribution is 0.0534. The number of aromatic nitrogens is 2. The van der Waals surface area contributed by atoms with E-state index in [4.69, 9.17) is 4.52 Å². The number of carbonyl (C=O) groups is 1. The number of fused-ring (bicyclic) bond motifs is 1. The third-order valence-electron chi connectivity index (χ3n) is 5.38. The highest BCUT2D eigenvalue weighted by atomic mass is 16.5. The molecule has 3 rings (SSSR count). The zero-order valence-electron chi connectivity index (χ0n) is 15.7. The van der Waals surface area contributed by atoms with Gasteiger partial charge >= 0.3 is 6.03 Å². The number of urea groups is 1. The quantitative estimate of drug-likeness (QED) is 0.825. The van der Waals surface area contributed by atoms with Crippen LogP contribution in [0.2, 0.25) is 0 Å². The topological polar surface area (TPSA) is 74.5 Å². The average Bonchev–Trinajstić information content (AvgIpc) is 3.07. The molecule has 1 aromatic rings. The maximum Gasteiger partial charge on any atom is 0.317 e. The summed E-state index contributed by atoms with van der Waals surface area (Å²) >= 11 is 0. The van der Waals surface area contributed by atoms with Gasteiger partial charge < -0.3 is 19.6 Å². The number of nitrogens with one attached hydrogen (secondary N) is 1. The van der Waals surface area contributed by atoms with Crippen molar-refractivity contribution in [1.82, 2.24) is 25.3 Å². The summed E-state index contributed by atoms with van der Waals surface area (Å²) in [6, 6.07) is 0.502. The molecule has 2 fully saturated rings. The highest BCUT2D eigenvalue weighted by molar-refractivity contribution is 5.74. The van der Waals surface area contributed by atoms with Crippen LogP contribution in [0.1, 0.15) is 57.2 Å². The predicted molar refractivity (Wildman–Crippen MR) is 95.4 cm³/mol. The van der Waals surface area contributed by atoms with Crippen molar-refractivity contribution in [2.24, 2.45) is 5.92 Å². The third-order valence-corrected chi connectivity index (χ3v) is 5.38. The molecule has 1 aromatic heterocycles. The van der Waals surface area contributed by atoms with Crippen LogP contribution in [0.3, 0.4) is 0 Å². The number of rotatable bonds is 5. The largest absolute Gasteiger partial charge is 0.339 e. The first kappa shape index (κ1) is 18.2. The molecule has 0 aromatic carbocycles. The summed E-state index contributed by atoms with van der Waals surface area (Å²) in [5, 5.41) is 7.05. The summed E-state index contributed by atoms with van der Waals surface area (Å²) in [5.74, 6) is 2.32. The molecule has 7 nitrogen and oxygen atoms in total. The lowest BCUT2D eigenvalue weighted by Crippen LogP contribution is -2.57. The molecule has 25 heavy (non-hydrogen) atoms. The van der Waals surface area contributed by atoms with E-state index in [-0.39, 0.29) is 11.9 Å². The van der Waals surface area contributed by atoms with Crippen molar-refractivity contribution < 1.29 is 9.32 Å². The molecule has 3 heterocycles. The van der Waals surface area contributed by atoms with Gasteiger partial charge in [0.1, 0.15) is 0 Å². The molecule has 1 N–H and O–H groups in total. The van der Waals surface area contributed by atoms with Gasteiger partial charge in [-0.05, 0) is 45.2 Å². The van der Waals surface area contributed by atoms with Crippen LogP contribution in [-0.2, 0) is 6.42 Å². The zero-order valence-corrected chi connectivity index (χ0v) is 15.7. The van der Waals surface area contributed by atoms with Gasteiger partial charge in [-0.15, -0.1) is 0 Å². The molecule has 0 saturated carbocycles. The van der Waals surface area contributed by atoms with Crippen LogP contribution in [0, 0.1) is 5.92 Å². The molecule has 0 unspecified atom stereocenters. The smallest absolute Gasteiger partial charge is 0.317 e. The minimum Gasteiger partial charge on any atom is -0.339 e. The maximum atomic E-state index is 12.6. The standard InChI is InChI=1S/C18H31N5O2/c1-13(2)17-20-16(25-21-17)7-4-9-19-18(24)23-10-5-6-14-12-22(3)11-8-15(14)23/h13-15H,4-12H2,1-3H3,(H,19,24)/t14-,15+/m1/s1. The van der Waals surface area contributed by atoms with Gasteiger partial charge in [0.15, 0.2) is 5.82 Å². The highest BCUT2D eigenvalue weighted by Gasteiger charge is 2.37. The highest BCUT2D eigenvalue weighted by Crippen LogP contribution is 2.30. The van der Waals surface area contributed by atoms with Crippen molar-refractivity contribution >= 4 is 6.03 Å². The number of piperidine rings is 2. The Morgan fingerprint density at radius 3 is 2.96 bits per heavy atom.